The molecule has 0 radical (unpaired) electrons. The first-order chi connectivity index (χ1) is 11.6. The molecule has 2 unspecified atom stereocenters. The van der Waals surface area contributed by atoms with Crippen molar-refractivity contribution in [3.63, 3.8) is 0 Å². The van der Waals surface area contributed by atoms with Crippen molar-refractivity contribution in [2.75, 3.05) is 6.54 Å². The van der Waals surface area contributed by atoms with Gasteiger partial charge in [-0.1, -0.05) is 30.3 Å². The van der Waals surface area contributed by atoms with Gasteiger partial charge in [-0.2, -0.15) is 0 Å². The van der Waals surface area contributed by atoms with Crippen molar-refractivity contribution in [1.29, 1.82) is 0 Å². The number of alkyl carbamates (subject to hydrolysis) is 1. The average Bonchev–Trinajstić information content (AvgIpc) is 3.09. The highest BCUT2D eigenvalue weighted by atomic mass is 32.1. The summed E-state index contributed by atoms with van der Waals surface area (Å²) in [6.07, 6.45) is -1.88. The van der Waals surface area contributed by atoms with E-state index in [0.717, 1.165) is 5.56 Å². The third-order valence-electron chi connectivity index (χ3n) is 3.38. The number of carbonyl (C=O) groups is 2. The van der Waals surface area contributed by atoms with E-state index < -0.39 is 18.3 Å². The normalized spacial score (nSPS) is 13.1. The number of nitrogens with one attached hydrogen (secondary N) is 1. The average molecular weight is 349 g/mol. The van der Waals surface area contributed by atoms with Gasteiger partial charge in [0.25, 0.3) is 0 Å². The third-order valence-corrected chi connectivity index (χ3v) is 4.26. The van der Waals surface area contributed by atoms with Gasteiger partial charge >= 0.3 is 6.09 Å². The predicted octanol–water partition coefficient (Wildman–Crippen LogP) is 2.27. The minimum atomic E-state index is -1.10. The van der Waals surface area contributed by atoms with Crippen molar-refractivity contribution in [2.45, 2.75) is 25.2 Å². The number of benzene rings is 1. The van der Waals surface area contributed by atoms with Crippen LogP contribution >= 0.6 is 11.3 Å². The Bertz CT molecular complexity index is 658. The van der Waals surface area contributed by atoms with Gasteiger partial charge < -0.3 is 20.3 Å². The number of carbonyl (C=O) groups excluding carboxylic acids is 2. The summed E-state index contributed by atoms with van der Waals surface area (Å²) < 4.78 is 5.04. The minimum Gasteiger partial charge on any atom is -0.445 e. The van der Waals surface area contributed by atoms with Crippen LogP contribution < -0.4 is 5.32 Å². The fourth-order valence-electron chi connectivity index (χ4n) is 2.06. The Morgan fingerprint density at radius 3 is 2.71 bits per heavy atom. The molecule has 2 atom stereocenters. The van der Waals surface area contributed by atoms with Gasteiger partial charge in [-0.25, -0.2) is 4.79 Å². The molecule has 24 heavy (non-hydrogen) atoms. The molecule has 0 saturated carbocycles. The van der Waals surface area contributed by atoms with Crippen LogP contribution in [0, 0.1) is 0 Å². The van der Waals surface area contributed by atoms with E-state index in [-0.39, 0.29) is 19.6 Å². The third kappa shape index (κ3) is 5.45. The van der Waals surface area contributed by atoms with Crippen molar-refractivity contribution in [3.8, 4) is 0 Å². The maximum atomic E-state index is 11.6. The molecule has 3 N–H and O–H groups in total. The number of hydrogen-bond acceptors (Lipinski definition) is 6. The lowest BCUT2D eigenvalue weighted by Gasteiger charge is -2.17. The number of amides is 1. The molecule has 0 spiro atoms. The van der Waals surface area contributed by atoms with Crippen LogP contribution in [-0.2, 0) is 11.3 Å². The minimum absolute atomic E-state index is 0.161. The van der Waals surface area contributed by atoms with E-state index in [1.807, 2.05) is 30.3 Å². The van der Waals surface area contributed by atoms with Crippen LogP contribution in [0.15, 0.2) is 41.8 Å². The Balaban J connectivity index is 1.68. The second-order valence-corrected chi connectivity index (χ2v) is 6.13. The first-order valence-electron chi connectivity index (χ1n) is 7.44. The molecule has 0 aliphatic carbocycles. The number of thiophene rings is 1. The molecular formula is C17H19NO5S. The molecule has 0 fully saturated rings. The van der Waals surface area contributed by atoms with Gasteiger partial charge in [0.2, 0.25) is 0 Å². The molecule has 6 nitrogen and oxygen atoms in total. The van der Waals surface area contributed by atoms with E-state index in [4.69, 9.17) is 4.74 Å². The Hall–Kier alpha value is -2.22. The summed E-state index contributed by atoms with van der Waals surface area (Å²) in [5, 5.41) is 24.1. The Morgan fingerprint density at radius 1 is 1.29 bits per heavy atom. The Labute approximate surface area is 143 Å². The van der Waals surface area contributed by atoms with Gasteiger partial charge in [0, 0.05) is 6.54 Å². The zero-order valence-corrected chi connectivity index (χ0v) is 13.7. The van der Waals surface area contributed by atoms with Gasteiger partial charge in [-0.15, -0.1) is 11.3 Å². The van der Waals surface area contributed by atoms with Crippen molar-refractivity contribution in [2.24, 2.45) is 0 Å². The number of aldehydes is 1. The van der Waals surface area contributed by atoms with E-state index in [0.29, 0.717) is 16.7 Å². The second-order valence-electron chi connectivity index (χ2n) is 5.19. The molecule has 128 valence electrons. The van der Waals surface area contributed by atoms with Crippen molar-refractivity contribution >= 4 is 23.7 Å². The number of ether oxygens (including phenoxy) is 1. The summed E-state index contributed by atoms with van der Waals surface area (Å²) in [6.45, 7) is 0.331. The highest BCUT2D eigenvalue weighted by molar-refractivity contribution is 7.11. The lowest BCUT2D eigenvalue weighted by Crippen LogP contribution is -2.29. The molecule has 2 rings (SSSR count). The Kier molecular flexibility index (Phi) is 6.92. The number of aliphatic hydroxyl groups is 2. The molecule has 1 aromatic heterocycles. The van der Waals surface area contributed by atoms with Crippen molar-refractivity contribution in [1.82, 2.24) is 5.32 Å². The van der Waals surface area contributed by atoms with Crippen LogP contribution in [0.1, 0.15) is 33.3 Å². The summed E-state index contributed by atoms with van der Waals surface area (Å²) in [5.41, 5.74) is 1.37. The summed E-state index contributed by atoms with van der Waals surface area (Å²) in [5.74, 6) is 0. The summed E-state index contributed by atoms with van der Waals surface area (Å²) in [4.78, 5) is 22.7. The van der Waals surface area contributed by atoms with Crippen molar-refractivity contribution < 1.29 is 24.5 Å². The SMILES string of the molecule is O=Cc1cc(C(O)C(O)CCNC(=O)OCc2ccccc2)cs1. The predicted molar refractivity (Wildman–Crippen MR) is 89.9 cm³/mol. The van der Waals surface area contributed by atoms with Gasteiger partial charge in [-0.3, -0.25) is 4.79 Å². The zero-order chi connectivity index (χ0) is 17.4. The first kappa shape index (κ1) is 18.1. The molecule has 0 aliphatic rings. The van der Waals surface area contributed by atoms with Gasteiger partial charge in [0.05, 0.1) is 11.0 Å². The Morgan fingerprint density at radius 2 is 2.04 bits per heavy atom. The smallest absolute Gasteiger partial charge is 0.407 e. The summed E-state index contributed by atoms with van der Waals surface area (Å²) in [6, 6.07) is 10.8. The lowest BCUT2D eigenvalue weighted by atomic mass is 10.1. The second kappa shape index (κ2) is 9.17. The number of rotatable bonds is 8. The quantitative estimate of drug-likeness (QED) is 0.636. The molecular weight excluding hydrogens is 330 g/mol. The van der Waals surface area contributed by atoms with E-state index in [1.165, 1.54) is 17.4 Å². The fourth-order valence-corrected chi connectivity index (χ4v) is 2.80. The van der Waals surface area contributed by atoms with E-state index in [9.17, 15) is 19.8 Å². The van der Waals surface area contributed by atoms with Crippen molar-refractivity contribution in [3.05, 3.63) is 57.8 Å². The van der Waals surface area contributed by atoms with Crippen LogP contribution in [-0.4, -0.2) is 35.2 Å². The molecule has 0 bridgehead atoms. The fraction of sp³-hybridized carbons (Fsp3) is 0.294. The molecule has 0 aliphatic heterocycles. The van der Waals surface area contributed by atoms with E-state index >= 15 is 0 Å². The summed E-state index contributed by atoms with van der Waals surface area (Å²) in [7, 11) is 0. The standard InChI is InChI=1S/C17H19NO5S/c19-9-14-8-13(11-24-14)16(21)15(20)6-7-18-17(22)23-10-12-4-2-1-3-5-12/h1-5,8-9,11,15-16,20-21H,6-7,10H2,(H,18,22). The van der Waals surface area contributed by atoms with Crippen LogP contribution in [0.5, 0.6) is 0 Å². The van der Waals surface area contributed by atoms with Gasteiger partial charge in [0.15, 0.2) is 6.29 Å². The van der Waals surface area contributed by atoms with Crippen LogP contribution in [0.4, 0.5) is 4.79 Å². The van der Waals surface area contributed by atoms with Gasteiger partial charge in [0.1, 0.15) is 12.7 Å². The summed E-state index contributed by atoms with van der Waals surface area (Å²) >= 11 is 1.20. The molecule has 1 aromatic carbocycles. The first-order valence-corrected chi connectivity index (χ1v) is 8.32. The van der Waals surface area contributed by atoms with Crippen LogP contribution in [0.25, 0.3) is 0 Å². The van der Waals surface area contributed by atoms with E-state index in [1.54, 1.807) is 5.38 Å². The van der Waals surface area contributed by atoms with E-state index in [2.05, 4.69) is 5.32 Å². The molecule has 1 heterocycles. The van der Waals surface area contributed by atoms with Crippen LogP contribution in [0.2, 0.25) is 0 Å². The zero-order valence-electron chi connectivity index (χ0n) is 12.9. The number of hydrogen-bond donors (Lipinski definition) is 3. The molecule has 1 amide bonds. The van der Waals surface area contributed by atoms with Crippen LogP contribution in [0.3, 0.4) is 0 Å². The monoisotopic (exact) mass is 349 g/mol. The topological polar surface area (TPSA) is 95.9 Å². The molecule has 7 heteroatoms. The number of aliphatic hydroxyl groups excluding tert-OH is 2. The highest BCUT2D eigenvalue weighted by Gasteiger charge is 2.19. The molecule has 2 aromatic rings. The van der Waals surface area contributed by atoms with Gasteiger partial charge in [-0.05, 0) is 29.0 Å². The lowest BCUT2D eigenvalue weighted by molar-refractivity contribution is 0.0138. The largest absolute Gasteiger partial charge is 0.445 e. The maximum absolute atomic E-state index is 11.6. The maximum Gasteiger partial charge on any atom is 0.407 e. The highest BCUT2D eigenvalue weighted by Crippen LogP contribution is 2.23. The molecule has 0 saturated heterocycles.